The van der Waals surface area contributed by atoms with Crippen LogP contribution in [0.3, 0.4) is 0 Å². The number of carbonyl (C=O) groups is 3. The van der Waals surface area contributed by atoms with Gasteiger partial charge in [-0.3, -0.25) is 24.5 Å². The molecule has 0 unspecified atom stereocenters. The summed E-state index contributed by atoms with van der Waals surface area (Å²) >= 11 is 6.22. The van der Waals surface area contributed by atoms with Gasteiger partial charge in [-0.25, -0.2) is 5.01 Å². The molecule has 0 radical (unpaired) electrons. The Hall–Kier alpha value is -3.52. The molecule has 2 aromatic carbocycles. The SMILES string of the molecule is CC1=CC[C@@H]2C(=O)N(N(Cc3ccc([N+](=O)[O-])cc3)C(=O)c3ccccc3Cl)C(=O)[C@H]2C1. The van der Waals surface area contributed by atoms with Gasteiger partial charge in [0, 0.05) is 12.1 Å². The van der Waals surface area contributed by atoms with Crippen molar-refractivity contribution in [3.05, 3.63) is 86.4 Å². The van der Waals surface area contributed by atoms with E-state index in [1.807, 2.05) is 13.0 Å². The average molecular weight is 454 g/mol. The molecule has 32 heavy (non-hydrogen) atoms. The normalized spacial score (nSPS) is 20.1. The molecule has 2 aliphatic rings. The molecule has 3 amide bonds. The highest BCUT2D eigenvalue weighted by Gasteiger charge is 2.51. The van der Waals surface area contributed by atoms with Crippen molar-refractivity contribution >= 4 is 35.0 Å². The van der Waals surface area contributed by atoms with Crippen LogP contribution < -0.4 is 0 Å². The summed E-state index contributed by atoms with van der Waals surface area (Å²) in [6, 6.07) is 12.0. The van der Waals surface area contributed by atoms with E-state index in [0.717, 1.165) is 15.6 Å². The Kier molecular flexibility index (Phi) is 5.80. The quantitative estimate of drug-likeness (QED) is 0.293. The van der Waals surface area contributed by atoms with E-state index in [4.69, 9.17) is 11.6 Å². The molecule has 0 saturated carbocycles. The number of rotatable bonds is 5. The molecule has 1 saturated heterocycles. The maximum atomic E-state index is 13.5. The van der Waals surface area contributed by atoms with Gasteiger partial charge in [-0.2, -0.15) is 5.01 Å². The first-order chi connectivity index (χ1) is 15.3. The van der Waals surface area contributed by atoms with Gasteiger partial charge < -0.3 is 0 Å². The second-order valence-corrected chi connectivity index (χ2v) is 8.36. The molecule has 1 aliphatic carbocycles. The number of non-ortho nitro benzene ring substituents is 1. The largest absolute Gasteiger partial charge is 0.274 e. The molecule has 2 atom stereocenters. The summed E-state index contributed by atoms with van der Waals surface area (Å²) in [5.74, 6) is -2.46. The average Bonchev–Trinajstić information content (AvgIpc) is 3.01. The molecule has 0 spiro atoms. The zero-order valence-corrected chi connectivity index (χ0v) is 18.0. The van der Waals surface area contributed by atoms with Crippen molar-refractivity contribution in [2.75, 3.05) is 0 Å². The third-order valence-electron chi connectivity index (χ3n) is 5.86. The third-order valence-corrected chi connectivity index (χ3v) is 6.19. The molecule has 0 N–H and O–H groups in total. The third kappa shape index (κ3) is 3.89. The number of amides is 3. The topological polar surface area (TPSA) is 101 Å². The molecule has 164 valence electrons. The molecule has 1 fully saturated rings. The maximum absolute atomic E-state index is 13.5. The molecule has 9 heteroatoms. The van der Waals surface area contributed by atoms with Crippen LogP contribution >= 0.6 is 11.6 Å². The lowest BCUT2D eigenvalue weighted by Crippen LogP contribution is -2.49. The standard InChI is InChI=1S/C23H20ClN3O5/c1-14-6-11-17-19(12-14)23(30)26(22(17)29)25(21(28)18-4-2-3-5-20(18)24)13-15-7-9-16(10-8-15)27(31)32/h2-10,17,19H,11-13H2,1H3/t17-,19-/m0/s1. The molecule has 8 nitrogen and oxygen atoms in total. The highest BCUT2D eigenvalue weighted by molar-refractivity contribution is 6.33. The van der Waals surface area contributed by atoms with Crippen molar-refractivity contribution in [3.8, 4) is 0 Å². The van der Waals surface area contributed by atoms with Gasteiger partial charge in [0.05, 0.1) is 33.9 Å². The molecule has 0 aromatic heterocycles. The van der Waals surface area contributed by atoms with Gasteiger partial charge in [-0.1, -0.05) is 47.5 Å². The number of hydrogen-bond acceptors (Lipinski definition) is 5. The number of nitrogens with zero attached hydrogens (tertiary/aromatic N) is 3. The van der Waals surface area contributed by atoms with E-state index < -0.39 is 34.5 Å². The van der Waals surface area contributed by atoms with Crippen LogP contribution in [0.1, 0.15) is 35.7 Å². The molecule has 2 aromatic rings. The first-order valence-electron chi connectivity index (χ1n) is 10.1. The fourth-order valence-corrected chi connectivity index (χ4v) is 4.38. The van der Waals surface area contributed by atoms with Gasteiger partial charge in [0.25, 0.3) is 23.4 Å². The Morgan fingerprint density at radius 3 is 2.44 bits per heavy atom. The number of halogens is 1. The van der Waals surface area contributed by atoms with E-state index in [2.05, 4.69) is 0 Å². The number of benzene rings is 2. The first kappa shape index (κ1) is 21.7. The van der Waals surface area contributed by atoms with E-state index >= 15 is 0 Å². The summed E-state index contributed by atoms with van der Waals surface area (Å²) in [5.41, 5.74) is 1.62. The van der Waals surface area contributed by atoms with Crippen molar-refractivity contribution in [1.82, 2.24) is 10.0 Å². The maximum Gasteiger partial charge on any atom is 0.274 e. The van der Waals surface area contributed by atoms with Gasteiger partial charge in [0.2, 0.25) is 0 Å². The lowest BCUT2D eigenvalue weighted by atomic mass is 9.82. The van der Waals surface area contributed by atoms with Crippen LogP contribution in [-0.2, 0) is 16.1 Å². The molecule has 0 bridgehead atoms. The van der Waals surface area contributed by atoms with Gasteiger partial charge in [0.1, 0.15) is 0 Å². The van der Waals surface area contributed by atoms with Gasteiger partial charge >= 0.3 is 0 Å². The fraction of sp³-hybridized carbons (Fsp3) is 0.261. The van der Waals surface area contributed by atoms with E-state index in [0.29, 0.717) is 18.4 Å². The van der Waals surface area contributed by atoms with Crippen LogP contribution in [0, 0.1) is 22.0 Å². The van der Waals surface area contributed by atoms with Crippen molar-refractivity contribution in [3.63, 3.8) is 0 Å². The number of fused-ring (bicyclic) bond motifs is 1. The molecular weight excluding hydrogens is 434 g/mol. The minimum absolute atomic E-state index is 0.0985. The van der Waals surface area contributed by atoms with E-state index in [-0.39, 0.29) is 22.8 Å². The summed E-state index contributed by atoms with van der Waals surface area (Å²) in [6.07, 6.45) is 2.87. The lowest BCUT2D eigenvalue weighted by Gasteiger charge is -2.31. The summed E-state index contributed by atoms with van der Waals surface area (Å²) in [7, 11) is 0. The second-order valence-electron chi connectivity index (χ2n) is 7.96. The number of nitro groups is 1. The molecule has 1 heterocycles. The Morgan fingerprint density at radius 2 is 1.78 bits per heavy atom. The Labute approximate surface area is 189 Å². The number of hydrogen-bond donors (Lipinski definition) is 0. The van der Waals surface area contributed by atoms with Crippen molar-refractivity contribution in [2.45, 2.75) is 26.3 Å². The van der Waals surface area contributed by atoms with Crippen LogP contribution in [0.5, 0.6) is 0 Å². The Morgan fingerprint density at radius 1 is 1.12 bits per heavy atom. The zero-order chi connectivity index (χ0) is 23.0. The van der Waals surface area contributed by atoms with Crippen LogP contribution in [-0.4, -0.2) is 32.7 Å². The predicted molar refractivity (Wildman–Crippen MR) is 116 cm³/mol. The number of hydrazine groups is 1. The summed E-state index contributed by atoms with van der Waals surface area (Å²) < 4.78 is 0. The second kappa shape index (κ2) is 8.55. The highest BCUT2D eigenvalue weighted by atomic mass is 35.5. The minimum Gasteiger partial charge on any atom is -0.272 e. The lowest BCUT2D eigenvalue weighted by molar-refractivity contribution is -0.384. The first-order valence-corrected chi connectivity index (χ1v) is 10.5. The smallest absolute Gasteiger partial charge is 0.272 e. The number of imide groups is 1. The zero-order valence-electron chi connectivity index (χ0n) is 17.2. The van der Waals surface area contributed by atoms with Gasteiger partial charge in [-0.05, 0) is 37.5 Å². The minimum atomic E-state index is -0.598. The number of nitro benzene ring substituents is 1. The van der Waals surface area contributed by atoms with Gasteiger partial charge in [-0.15, -0.1) is 0 Å². The molecular formula is C23H20ClN3O5. The summed E-state index contributed by atoms with van der Waals surface area (Å²) in [5, 5.41) is 13.2. The number of carbonyl (C=O) groups excluding carboxylic acids is 3. The van der Waals surface area contributed by atoms with Crippen LogP contribution in [0.25, 0.3) is 0 Å². The van der Waals surface area contributed by atoms with Crippen LogP contribution in [0.4, 0.5) is 5.69 Å². The van der Waals surface area contributed by atoms with E-state index in [1.165, 1.54) is 30.3 Å². The van der Waals surface area contributed by atoms with Crippen LogP contribution in [0.2, 0.25) is 5.02 Å². The monoisotopic (exact) mass is 453 g/mol. The van der Waals surface area contributed by atoms with Crippen molar-refractivity contribution in [1.29, 1.82) is 0 Å². The van der Waals surface area contributed by atoms with Crippen LogP contribution in [0.15, 0.2) is 60.2 Å². The van der Waals surface area contributed by atoms with E-state index in [9.17, 15) is 24.5 Å². The summed E-state index contributed by atoms with van der Waals surface area (Å²) in [4.78, 5) is 50.4. The molecule has 1 aliphatic heterocycles. The highest BCUT2D eigenvalue weighted by Crippen LogP contribution is 2.39. The van der Waals surface area contributed by atoms with E-state index in [1.54, 1.807) is 18.2 Å². The fourth-order valence-electron chi connectivity index (χ4n) is 4.16. The Bertz CT molecular complexity index is 1140. The van der Waals surface area contributed by atoms with Crippen molar-refractivity contribution in [2.24, 2.45) is 11.8 Å². The summed E-state index contributed by atoms with van der Waals surface area (Å²) in [6.45, 7) is 1.80. The molecule has 4 rings (SSSR count). The number of allylic oxidation sites excluding steroid dienone is 2. The predicted octanol–water partition coefficient (Wildman–Crippen LogP) is 4.15. The van der Waals surface area contributed by atoms with Crippen molar-refractivity contribution < 1.29 is 19.3 Å². The Balaban J connectivity index is 1.71. The van der Waals surface area contributed by atoms with Gasteiger partial charge in [0.15, 0.2) is 0 Å².